The summed E-state index contributed by atoms with van der Waals surface area (Å²) in [5.74, 6) is 1.21. The van der Waals surface area contributed by atoms with E-state index in [9.17, 15) is 9.59 Å². The number of piperazine rings is 1. The molecule has 2 amide bonds. The molecule has 0 bridgehead atoms. The van der Waals surface area contributed by atoms with Crippen LogP contribution in [0.2, 0.25) is 0 Å². The lowest BCUT2D eigenvalue weighted by Crippen LogP contribution is -2.70. The number of amides is 2. The van der Waals surface area contributed by atoms with E-state index in [2.05, 4.69) is 10.3 Å². The first-order valence-electron chi connectivity index (χ1n) is 7.53. The molecular weight excluding hydrogens is 268 g/mol. The summed E-state index contributed by atoms with van der Waals surface area (Å²) in [6, 6.07) is -0.439. The van der Waals surface area contributed by atoms with Crippen LogP contribution in [0.25, 0.3) is 0 Å². The molecule has 1 aromatic heterocycles. The van der Waals surface area contributed by atoms with Crippen molar-refractivity contribution in [1.29, 1.82) is 0 Å². The van der Waals surface area contributed by atoms with Gasteiger partial charge in [0.05, 0.1) is 0 Å². The minimum atomic E-state index is -0.700. The Hall–Kier alpha value is -1.85. The molecule has 1 aliphatic carbocycles. The Morgan fingerprint density at radius 2 is 2.14 bits per heavy atom. The van der Waals surface area contributed by atoms with E-state index in [1.807, 2.05) is 24.7 Å². The average molecular weight is 290 g/mol. The summed E-state index contributed by atoms with van der Waals surface area (Å²) >= 11 is 0. The number of rotatable bonds is 4. The predicted molar refractivity (Wildman–Crippen MR) is 77.4 cm³/mol. The van der Waals surface area contributed by atoms with Crippen molar-refractivity contribution in [1.82, 2.24) is 19.8 Å². The van der Waals surface area contributed by atoms with Crippen LogP contribution in [0, 0.1) is 5.92 Å². The number of nitrogens with one attached hydrogen (secondary N) is 1. The number of aryl methyl sites for hydroxylation is 1. The normalized spacial score (nSPS) is 29.7. The van der Waals surface area contributed by atoms with Gasteiger partial charge in [-0.15, -0.1) is 0 Å². The summed E-state index contributed by atoms with van der Waals surface area (Å²) in [4.78, 5) is 31.1. The van der Waals surface area contributed by atoms with Gasteiger partial charge in [0.2, 0.25) is 11.8 Å². The number of hydrogen-bond acceptors (Lipinski definition) is 3. The Bertz CT molecular complexity index is 578. The zero-order chi connectivity index (χ0) is 15.2. The molecule has 0 spiro atoms. The standard InChI is InChI=1S/C15H22N4O2/c1-10-13(20)19(8-6-12-16-7-9-18(12)3)15(2,11-4-5-11)14(21)17-10/h7,9-11H,4-6,8H2,1-3H3,(H,17,21). The molecular formula is C15H22N4O2. The summed E-state index contributed by atoms with van der Waals surface area (Å²) in [6.45, 7) is 4.19. The molecule has 0 radical (unpaired) electrons. The van der Waals surface area contributed by atoms with Crippen LogP contribution in [0.5, 0.6) is 0 Å². The molecule has 0 aromatic carbocycles. The van der Waals surface area contributed by atoms with E-state index in [-0.39, 0.29) is 17.7 Å². The van der Waals surface area contributed by atoms with Crippen LogP contribution in [0.1, 0.15) is 32.5 Å². The second-order valence-corrected chi connectivity index (χ2v) is 6.31. The van der Waals surface area contributed by atoms with Crippen LogP contribution in [0.4, 0.5) is 0 Å². The van der Waals surface area contributed by atoms with Crippen LogP contribution in [0.15, 0.2) is 12.4 Å². The largest absolute Gasteiger partial charge is 0.343 e. The summed E-state index contributed by atoms with van der Waals surface area (Å²) in [5, 5.41) is 2.82. The van der Waals surface area contributed by atoms with Crippen LogP contribution in [-0.2, 0) is 23.1 Å². The molecule has 2 aliphatic rings. The van der Waals surface area contributed by atoms with Crippen LogP contribution in [0.3, 0.4) is 0 Å². The topological polar surface area (TPSA) is 67.2 Å². The lowest BCUT2D eigenvalue weighted by atomic mass is 9.88. The minimum absolute atomic E-state index is 0.0122. The fourth-order valence-electron chi connectivity index (χ4n) is 3.23. The molecule has 3 rings (SSSR count). The van der Waals surface area contributed by atoms with E-state index >= 15 is 0 Å². The first-order valence-corrected chi connectivity index (χ1v) is 7.53. The van der Waals surface area contributed by atoms with Crippen molar-refractivity contribution in [3.63, 3.8) is 0 Å². The molecule has 2 heterocycles. The Labute approximate surface area is 124 Å². The van der Waals surface area contributed by atoms with Gasteiger partial charge < -0.3 is 14.8 Å². The van der Waals surface area contributed by atoms with Crippen molar-refractivity contribution in [2.45, 2.75) is 44.7 Å². The van der Waals surface area contributed by atoms with Crippen molar-refractivity contribution < 1.29 is 9.59 Å². The molecule has 1 aliphatic heterocycles. The number of hydrogen-bond donors (Lipinski definition) is 1. The van der Waals surface area contributed by atoms with Gasteiger partial charge in [-0.25, -0.2) is 4.98 Å². The van der Waals surface area contributed by atoms with Crippen molar-refractivity contribution in [2.75, 3.05) is 6.54 Å². The van der Waals surface area contributed by atoms with Gasteiger partial charge in [-0.1, -0.05) is 0 Å². The quantitative estimate of drug-likeness (QED) is 0.877. The molecule has 1 N–H and O–H groups in total. The Balaban J connectivity index is 1.82. The molecule has 1 saturated heterocycles. The smallest absolute Gasteiger partial charge is 0.246 e. The fourth-order valence-corrected chi connectivity index (χ4v) is 3.23. The zero-order valence-electron chi connectivity index (χ0n) is 12.8. The molecule has 21 heavy (non-hydrogen) atoms. The van der Waals surface area contributed by atoms with Gasteiger partial charge in [0.1, 0.15) is 17.4 Å². The summed E-state index contributed by atoms with van der Waals surface area (Å²) in [5.41, 5.74) is -0.700. The highest BCUT2D eigenvalue weighted by molar-refractivity contribution is 5.99. The Morgan fingerprint density at radius 3 is 2.71 bits per heavy atom. The third-order valence-electron chi connectivity index (χ3n) is 4.86. The van der Waals surface area contributed by atoms with Crippen LogP contribution < -0.4 is 5.32 Å². The molecule has 6 heteroatoms. The van der Waals surface area contributed by atoms with Gasteiger partial charge in [-0.3, -0.25) is 9.59 Å². The fraction of sp³-hybridized carbons (Fsp3) is 0.667. The number of aromatic nitrogens is 2. The summed E-state index contributed by atoms with van der Waals surface area (Å²) in [6.07, 6.45) is 6.35. The Morgan fingerprint density at radius 1 is 1.43 bits per heavy atom. The monoisotopic (exact) mass is 290 g/mol. The Kier molecular flexibility index (Phi) is 3.26. The lowest BCUT2D eigenvalue weighted by molar-refractivity contribution is -0.157. The molecule has 2 unspecified atom stereocenters. The van der Waals surface area contributed by atoms with Gasteiger partial charge in [-0.05, 0) is 32.6 Å². The molecule has 6 nitrogen and oxygen atoms in total. The zero-order valence-corrected chi connectivity index (χ0v) is 12.8. The maximum absolute atomic E-state index is 12.5. The van der Waals surface area contributed by atoms with Gasteiger partial charge in [0.25, 0.3) is 0 Å². The third kappa shape index (κ3) is 2.22. The first kappa shape index (κ1) is 14.1. The number of nitrogens with zero attached hydrogens (tertiary/aromatic N) is 3. The maximum atomic E-state index is 12.5. The first-order chi connectivity index (χ1) is 9.94. The van der Waals surface area contributed by atoms with E-state index in [1.54, 1.807) is 18.0 Å². The van der Waals surface area contributed by atoms with Crippen LogP contribution >= 0.6 is 0 Å². The average Bonchev–Trinajstić information content (AvgIpc) is 3.22. The number of carbonyl (C=O) groups is 2. The summed E-state index contributed by atoms with van der Waals surface area (Å²) in [7, 11) is 1.94. The molecule has 1 saturated carbocycles. The summed E-state index contributed by atoms with van der Waals surface area (Å²) < 4.78 is 1.95. The van der Waals surface area contributed by atoms with E-state index < -0.39 is 11.6 Å². The van der Waals surface area contributed by atoms with Gasteiger partial charge in [0.15, 0.2) is 0 Å². The number of carbonyl (C=O) groups excluding carboxylic acids is 2. The SMILES string of the molecule is CC1NC(=O)C(C)(C2CC2)N(CCc2nccn2C)C1=O. The van der Waals surface area contributed by atoms with E-state index in [4.69, 9.17) is 0 Å². The molecule has 2 fully saturated rings. The predicted octanol–water partition coefficient (Wildman–Crippen LogP) is 0.478. The van der Waals surface area contributed by atoms with Crippen molar-refractivity contribution >= 4 is 11.8 Å². The second-order valence-electron chi connectivity index (χ2n) is 6.31. The van der Waals surface area contributed by atoms with Crippen molar-refractivity contribution in [3.05, 3.63) is 18.2 Å². The van der Waals surface area contributed by atoms with Gasteiger partial charge >= 0.3 is 0 Å². The minimum Gasteiger partial charge on any atom is -0.343 e. The van der Waals surface area contributed by atoms with E-state index in [0.717, 1.165) is 18.7 Å². The van der Waals surface area contributed by atoms with E-state index in [1.165, 1.54) is 0 Å². The van der Waals surface area contributed by atoms with Gasteiger partial charge in [-0.2, -0.15) is 0 Å². The molecule has 2 atom stereocenters. The highest BCUT2D eigenvalue weighted by Crippen LogP contribution is 2.44. The lowest BCUT2D eigenvalue weighted by Gasteiger charge is -2.46. The maximum Gasteiger partial charge on any atom is 0.246 e. The molecule has 1 aromatic rings. The van der Waals surface area contributed by atoms with Crippen molar-refractivity contribution in [2.24, 2.45) is 13.0 Å². The second kappa shape index (κ2) is 4.86. The van der Waals surface area contributed by atoms with Crippen LogP contribution in [-0.4, -0.2) is 44.4 Å². The number of imidazole rings is 1. The molecule has 114 valence electrons. The highest BCUT2D eigenvalue weighted by Gasteiger charge is 2.56. The van der Waals surface area contributed by atoms with Gasteiger partial charge in [0, 0.05) is 32.4 Å². The third-order valence-corrected chi connectivity index (χ3v) is 4.86. The van der Waals surface area contributed by atoms with E-state index in [0.29, 0.717) is 13.0 Å². The highest BCUT2D eigenvalue weighted by atomic mass is 16.2. The van der Waals surface area contributed by atoms with Crippen molar-refractivity contribution in [3.8, 4) is 0 Å².